The van der Waals surface area contributed by atoms with Gasteiger partial charge in [-0.15, -0.1) is 0 Å². The number of imidazole rings is 1. The summed E-state index contributed by atoms with van der Waals surface area (Å²) in [6, 6.07) is 0. The molecule has 0 fully saturated rings. The molecule has 0 aliphatic heterocycles. The molecule has 0 amide bonds. The van der Waals surface area contributed by atoms with E-state index in [9.17, 15) is 0 Å². The van der Waals surface area contributed by atoms with E-state index in [0.29, 0.717) is 0 Å². The highest BCUT2D eigenvalue weighted by Gasteiger charge is 1.93. The highest BCUT2D eigenvalue weighted by molar-refractivity contribution is 5.56. The molecule has 0 radical (unpaired) electrons. The van der Waals surface area contributed by atoms with Crippen molar-refractivity contribution in [2.24, 2.45) is 0 Å². The molecule has 0 bridgehead atoms. The Morgan fingerprint density at radius 1 is 1.36 bits per heavy atom. The molecular formula is C9H14N2. The van der Waals surface area contributed by atoms with Crippen molar-refractivity contribution >= 4 is 12.2 Å². The molecule has 2 nitrogen and oxygen atoms in total. The SMILES string of the molecule is C=Cc1nc[nH]c1C=C.CC. The van der Waals surface area contributed by atoms with Gasteiger partial charge in [-0.1, -0.05) is 27.0 Å². The lowest BCUT2D eigenvalue weighted by atomic mass is 10.3. The van der Waals surface area contributed by atoms with E-state index >= 15 is 0 Å². The zero-order valence-corrected chi connectivity index (χ0v) is 7.09. The van der Waals surface area contributed by atoms with Crippen LogP contribution in [0.25, 0.3) is 12.2 Å². The van der Waals surface area contributed by atoms with Crippen LogP contribution in [0, 0.1) is 0 Å². The Kier molecular flexibility index (Phi) is 4.82. The Bertz CT molecular complexity index is 201. The number of aromatic nitrogens is 2. The molecule has 0 aliphatic carbocycles. The first kappa shape index (κ1) is 9.69. The lowest BCUT2D eigenvalue weighted by Gasteiger charge is -1.84. The zero-order chi connectivity index (χ0) is 8.69. The Balaban J connectivity index is 0.000000461. The summed E-state index contributed by atoms with van der Waals surface area (Å²) in [5.74, 6) is 0. The van der Waals surface area contributed by atoms with E-state index in [2.05, 4.69) is 23.1 Å². The molecule has 0 unspecified atom stereocenters. The van der Waals surface area contributed by atoms with Gasteiger partial charge in [0.05, 0.1) is 17.7 Å². The van der Waals surface area contributed by atoms with Gasteiger partial charge in [-0.05, 0) is 12.2 Å². The van der Waals surface area contributed by atoms with Crippen LogP contribution in [0.4, 0.5) is 0 Å². The van der Waals surface area contributed by atoms with Crippen LogP contribution in [-0.2, 0) is 0 Å². The Morgan fingerprint density at radius 3 is 2.36 bits per heavy atom. The van der Waals surface area contributed by atoms with Crippen LogP contribution in [0.2, 0.25) is 0 Å². The van der Waals surface area contributed by atoms with Crippen molar-refractivity contribution in [2.45, 2.75) is 13.8 Å². The van der Waals surface area contributed by atoms with Crippen molar-refractivity contribution in [3.05, 3.63) is 30.9 Å². The van der Waals surface area contributed by atoms with Gasteiger partial charge in [-0.2, -0.15) is 0 Å². The fraction of sp³-hybridized carbons (Fsp3) is 0.222. The van der Waals surface area contributed by atoms with Crippen molar-refractivity contribution in [2.75, 3.05) is 0 Å². The lowest BCUT2D eigenvalue weighted by Crippen LogP contribution is -1.73. The van der Waals surface area contributed by atoms with E-state index < -0.39 is 0 Å². The molecule has 0 atom stereocenters. The summed E-state index contributed by atoms with van der Waals surface area (Å²) in [7, 11) is 0. The molecule has 2 heteroatoms. The second kappa shape index (κ2) is 5.47. The largest absolute Gasteiger partial charge is 0.345 e. The minimum Gasteiger partial charge on any atom is -0.345 e. The van der Waals surface area contributed by atoms with E-state index in [4.69, 9.17) is 0 Å². The van der Waals surface area contributed by atoms with Crippen LogP contribution in [0.15, 0.2) is 19.5 Å². The number of hydrogen-bond donors (Lipinski definition) is 1. The van der Waals surface area contributed by atoms with Gasteiger partial charge in [0.25, 0.3) is 0 Å². The molecule has 1 aromatic rings. The predicted molar refractivity (Wildman–Crippen MR) is 50.1 cm³/mol. The molecule has 60 valence electrons. The van der Waals surface area contributed by atoms with Crippen LogP contribution in [0.1, 0.15) is 25.2 Å². The van der Waals surface area contributed by atoms with Gasteiger partial charge < -0.3 is 4.98 Å². The van der Waals surface area contributed by atoms with E-state index in [0.717, 1.165) is 11.4 Å². The van der Waals surface area contributed by atoms with Crippen LogP contribution < -0.4 is 0 Å². The third-order valence-electron chi connectivity index (χ3n) is 1.10. The fourth-order valence-corrected chi connectivity index (χ4v) is 0.641. The van der Waals surface area contributed by atoms with Crippen molar-refractivity contribution in [3.8, 4) is 0 Å². The second-order valence-electron chi connectivity index (χ2n) is 1.61. The first-order valence-electron chi connectivity index (χ1n) is 3.66. The average molecular weight is 150 g/mol. The molecule has 0 saturated carbocycles. The number of aromatic amines is 1. The molecular weight excluding hydrogens is 136 g/mol. The van der Waals surface area contributed by atoms with Gasteiger partial charge >= 0.3 is 0 Å². The van der Waals surface area contributed by atoms with E-state index in [-0.39, 0.29) is 0 Å². The van der Waals surface area contributed by atoms with Crippen LogP contribution in [0.5, 0.6) is 0 Å². The minimum atomic E-state index is 0.852. The van der Waals surface area contributed by atoms with E-state index in [1.165, 1.54) is 0 Å². The quantitative estimate of drug-likeness (QED) is 0.690. The molecule has 1 N–H and O–H groups in total. The summed E-state index contributed by atoms with van der Waals surface area (Å²) in [4.78, 5) is 6.87. The van der Waals surface area contributed by atoms with Crippen molar-refractivity contribution in [3.63, 3.8) is 0 Å². The summed E-state index contributed by atoms with van der Waals surface area (Å²) < 4.78 is 0. The molecule has 0 aliphatic rings. The Hall–Kier alpha value is -1.31. The number of nitrogens with zero attached hydrogens (tertiary/aromatic N) is 1. The third-order valence-corrected chi connectivity index (χ3v) is 1.10. The van der Waals surface area contributed by atoms with Gasteiger partial charge in [0.1, 0.15) is 0 Å². The average Bonchev–Trinajstić information content (AvgIpc) is 2.54. The molecule has 11 heavy (non-hydrogen) atoms. The maximum Gasteiger partial charge on any atom is 0.0931 e. The topological polar surface area (TPSA) is 28.7 Å². The predicted octanol–water partition coefficient (Wildman–Crippen LogP) is 2.72. The lowest BCUT2D eigenvalue weighted by molar-refractivity contribution is 1.30. The number of hydrogen-bond acceptors (Lipinski definition) is 1. The Labute approximate surface area is 67.7 Å². The molecule has 1 rings (SSSR count). The van der Waals surface area contributed by atoms with Gasteiger partial charge in [-0.25, -0.2) is 4.98 Å². The first-order valence-corrected chi connectivity index (χ1v) is 3.66. The molecule has 1 aromatic heterocycles. The standard InChI is InChI=1S/C7H8N2.C2H6/c1-3-6-7(4-2)9-5-8-6;1-2/h3-5H,1-2H2,(H,8,9);1-2H3. The highest BCUT2D eigenvalue weighted by atomic mass is 14.9. The zero-order valence-electron chi connectivity index (χ0n) is 7.09. The van der Waals surface area contributed by atoms with E-state index in [1.807, 2.05) is 13.8 Å². The smallest absolute Gasteiger partial charge is 0.0931 e. The number of rotatable bonds is 2. The van der Waals surface area contributed by atoms with Gasteiger partial charge in [0, 0.05) is 0 Å². The van der Waals surface area contributed by atoms with Crippen molar-refractivity contribution in [1.82, 2.24) is 9.97 Å². The van der Waals surface area contributed by atoms with Crippen LogP contribution >= 0.6 is 0 Å². The molecule has 0 saturated heterocycles. The normalized spacial score (nSPS) is 7.82. The Morgan fingerprint density at radius 2 is 2.00 bits per heavy atom. The van der Waals surface area contributed by atoms with Gasteiger partial charge in [0.15, 0.2) is 0 Å². The first-order chi connectivity index (χ1) is 5.38. The third kappa shape index (κ3) is 2.42. The number of H-pyrrole nitrogens is 1. The molecule has 1 heterocycles. The van der Waals surface area contributed by atoms with Gasteiger partial charge in [0.2, 0.25) is 0 Å². The van der Waals surface area contributed by atoms with Crippen molar-refractivity contribution in [1.29, 1.82) is 0 Å². The second-order valence-corrected chi connectivity index (χ2v) is 1.61. The van der Waals surface area contributed by atoms with Gasteiger partial charge in [-0.3, -0.25) is 0 Å². The van der Waals surface area contributed by atoms with E-state index in [1.54, 1.807) is 18.5 Å². The van der Waals surface area contributed by atoms with Crippen molar-refractivity contribution < 1.29 is 0 Å². The minimum absolute atomic E-state index is 0.852. The summed E-state index contributed by atoms with van der Waals surface area (Å²) in [6.45, 7) is 11.2. The number of nitrogens with one attached hydrogen (secondary N) is 1. The van der Waals surface area contributed by atoms with Crippen LogP contribution in [0.3, 0.4) is 0 Å². The summed E-state index contributed by atoms with van der Waals surface area (Å²) in [5, 5.41) is 0. The highest BCUT2D eigenvalue weighted by Crippen LogP contribution is 2.03. The maximum atomic E-state index is 3.96. The summed E-state index contributed by atoms with van der Waals surface area (Å²) in [6.07, 6.45) is 5.02. The summed E-state index contributed by atoms with van der Waals surface area (Å²) in [5.41, 5.74) is 1.77. The maximum absolute atomic E-state index is 3.96. The molecule has 0 aromatic carbocycles. The fourth-order valence-electron chi connectivity index (χ4n) is 0.641. The van der Waals surface area contributed by atoms with Crippen LogP contribution in [-0.4, -0.2) is 9.97 Å². The molecule has 0 spiro atoms. The monoisotopic (exact) mass is 150 g/mol. The summed E-state index contributed by atoms with van der Waals surface area (Å²) >= 11 is 0.